The van der Waals surface area contributed by atoms with Crippen molar-refractivity contribution in [3.05, 3.63) is 12.7 Å². The molecule has 1 aliphatic rings. The maximum Gasteiger partial charge on any atom is 0.225 e. The molecule has 0 bridgehead atoms. The van der Waals surface area contributed by atoms with E-state index in [4.69, 9.17) is 4.74 Å². The summed E-state index contributed by atoms with van der Waals surface area (Å²) < 4.78 is 22.2. The molecule has 1 amide bonds. The molecule has 9 heteroatoms. The fourth-order valence-electron chi connectivity index (χ4n) is 3.25. The van der Waals surface area contributed by atoms with Crippen molar-refractivity contribution >= 4 is 22.9 Å². The first kappa shape index (κ1) is 20.4. The quantitative estimate of drug-likeness (QED) is 0.809. The Morgan fingerprint density at radius 3 is 2.64 bits per heavy atom. The van der Waals surface area contributed by atoms with Gasteiger partial charge in [0.05, 0.1) is 19.5 Å². The number of rotatable bonds is 6. The summed E-state index contributed by atoms with van der Waals surface area (Å²) >= 11 is 0. The highest BCUT2D eigenvalue weighted by molar-refractivity contribution is 5.83. The molecule has 3 rings (SSSR count). The molecule has 2 aromatic heterocycles. The largest absolute Gasteiger partial charge is 0.383 e. The van der Waals surface area contributed by atoms with Gasteiger partial charge in [-0.2, -0.15) is 0 Å². The molecule has 0 spiro atoms. The van der Waals surface area contributed by atoms with E-state index in [1.807, 2.05) is 30.2 Å². The van der Waals surface area contributed by atoms with Crippen LogP contribution in [0, 0.1) is 5.41 Å². The number of carbonyl (C=O) groups is 1. The number of piperidine rings is 1. The van der Waals surface area contributed by atoms with E-state index in [9.17, 15) is 4.79 Å². The molecule has 0 saturated carbocycles. The number of halogens is 1. The van der Waals surface area contributed by atoms with Crippen LogP contribution in [0.1, 0.15) is 33.6 Å². The van der Waals surface area contributed by atoms with Crippen molar-refractivity contribution in [1.29, 1.82) is 0 Å². The molecular weight excluding hydrogens is 363 g/mol. The lowest BCUT2D eigenvalue weighted by Gasteiger charge is -2.37. The Kier molecular flexibility index (Phi) is 5.83. The predicted molar refractivity (Wildman–Crippen MR) is 105 cm³/mol. The van der Waals surface area contributed by atoms with Gasteiger partial charge in [0.2, 0.25) is 5.91 Å². The lowest BCUT2D eigenvalue weighted by Crippen LogP contribution is -2.50. The zero-order chi connectivity index (χ0) is 20.4. The summed E-state index contributed by atoms with van der Waals surface area (Å²) in [7, 11) is 1.65. The van der Waals surface area contributed by atoms with Crippen molar-refractivity contribution in [2.75, 3.05) is 38.3 Å². The molecule has 1 N–H and O–H groups in total. The van der Waals surface area contributed by atoms with Crippen molar-refractivity contribution in [1.82, 2.24) is 24.8 Å². The van der Waals surface area contributed by atoms with E-state index in [-0.39, 0.29) is 12.5 Å². The lowest BCUT2D eigenvalue weighted by molar-refractivity contribution is -0.129. The summed E-state index contributed by atoms with van der Waals surface area (Å²) in [6, 6.07) is 0. The molecule has 0 aromatic carbocycles. The number of aromatic nitrogens is 4. The number of amides is 1. The van der Waals surface area contributed by atoms with Gasteiger partial charge in [0.1, 0.15) is 12.0 Å². The van der Waals surface area contributed by atoms with E-state index in [1.165, 1.54) is 6.33 Å². The predicted octanol–water partition coefficient (Wildman–Crippen LogP) is 1.94. The van der Waals surface area contributed by atoms with Gasteiger partial charge < -0.3 is 19.5 Å². The topological polar surface area (TPSA) is 85.2 Å². The highest BCUT2D eigenvalue weighted by atomic mass is 19.1. The Balaban J connectivity index is 1.66. The normalized spacial score (nSPS) is 17.1. The first-order valence-corrected chi connectivity index (χ1v) is 9.60. The fraction of sp³-hybridized carbons (Fsp3) is 0.684. The number of methoxy groups -OCH3 is 1. The standard InChI is InChI=1S/C19H29FN6O2/c1-18(2,3)17(27)21-11-19(20)5-7-25(8-6-19)15-14-16(23-12-22-15)26(13-24-14)9-10-28-4/h12-13H,5-11H2,1-4H3,(H,21,27). The van der Waals surface area contributed by atoms with Crippen LogP contribution in [0.2, 0.25) is 0 Å². The molecule has 1 fully saturated rings. The summed E-state index contributed by atoms with van der Waals surface area (Å²) in [4.78, 5) is 27.3. The third-order valence-corrected chi connectivity index (χ3v) is 5.12. The lowest BCUT2D eigenvalue weighted by atomic mass is 9.91. The number of ether oxygens (including phenoxy) is 1. The minimum Gasteiger partial charge on any atom is -0.383 e. The number of hydrogen-bond acceptors (Lipinski definition) is 6. The van der Waals surface area contributed by atoms with Crippen LogP contribution < -0.4 is 10.2 Å². The summed E-state index contributed by atoms with van der Waals surface area (Å²) in [5.41, 5.74) is -0.463. The van der Waals surface area contributed by atoms with Crippen molar-refractivity contribution in [3.63, 3.8) is 0 Å². The third kappa shape index (κ3) is 4.40. The van der Waals surface area contributed by atoms with Gasteiger partial charge in [-0.1, -0.05) is 20.8 Å². The average Bonchev–Trinajstić information content (AvgIpc) is 3.07. The van der Waals surface area contributed by atoms with Crippen LogP contribution in [0.3, 0.4) is 0 Å². The molecule has 1 aliphatic heterocycles. The molecule has 0 radical (unpaired) electrons. The van der Waals surface area contributed by atoms with Gasteiger partial charge in [-0.25, -0.2) is 19.3 Å². The van der Waals surface area contributed by atoms with Gasteiger partial charge >= 0.3 is 0 Å². The van der Waals surface area contributed by atoms with Crippen LogP contribution in [0.5, 0.6) is 0 Å². The van der Waals surface area contributed by atoms with Crippen molar-refractivity contribution < 1.29 is 13.9 Å². The van der Waals surface area contributed by atoms with Crippen LogP contribution >= 0.6 is 0 Å². The van der Waals surface area contributed by atoms with Crippen molar-refractivity contribution in [2.24, 2.45) is 5.41 Å². The number of nitrogens with zero attached hydrogens (tertiary/aromatic N) is 5. The number of anilines is 1. The molecule has 3 heterocycles. The fourth-order valence-corrected chi connectivity index (χ4v) is 3.25. The molecule has 0 unspecified atom stereocenters. The maximum atomic E-state index is 15.2. The molecular formula is C19H29FN6O2. The number of carbonyl (C=O) groups excluding carboxylic acids is 1. The molecule has 0 aliphatic carbocycles. The Bertz CT molecular complexity index is 823. The second-order valence-corrected chi connectivity index (χ2v) is 8.37. The van der Waals surface area contributed by atoms with Crippen LogP contribution in [0.15, 0.2) is 12.7 Å². The maximum absolute atomic E-state index is 15.2. The SMILES string of the molecule is COCCn1cnc2c(N3CCC(F)(CNC(=O)C(C)(C)C)CC3)ncnc21. The summed E-state index contributed by atoms with van der Waals surface area (Å²) in [6.07, 6.45) is 3.90. The summed E-state index contributed by atoms with van der Waals surface area (Å²) in [6.45, 7) is 7.76. The van der Waals surface area contributed by atoms with Gasteiger partial charge in [-0.05, 0) is 0 Å². The number of nitrogens with one attached hydrogen (secondary N) is 1. The highest BCUT2D eigenvalue weighted by Crippen LogP contribution is 2.31. The third-order valence-electron chi connectivity index (χ3n) is 5.12. The van der Waals surface area contributed by atoms with Gasteiger partial charge in [0, 0.05) is 45.0 Å². The summed E-state index contributed by atoms with van der Waals surface area (Å²) in [5, 5.41) is 2.75. The first-order valence-electron chi connectivity index (χ1n) is 9.60. The van der Waals surface area contributed by atoms with Gasteiger partial charge in [-0.15, -0.1) is 0 Å². The van der Waals surface area contributed by atoms with Crippen LogP contribution in [0.4, 0.5) is 10.2 Å². The average molecular weight is 392 g/mol. The van der Waals surface area contributed by atoms with Gasteiger partial charge in [-0.3, -0.25) is 4.79 Å². The number of hydrogen-bond donors (Lipinski definition) is 1. The van der Waals surface area contributed by atoms with E-state index in [2.05, 4.69) is 20.3 Å². The number of alkyl halides is 1. The number of fused-ring (bicyclic) bond motifs is 1. The van der Waals surface area contributed by atoms with Gasteiger partial charge in [0.25, 0.3) is 0 Å². The molecule has 2 aromatic rings. The molecule has 1 saturated heterocycles. The van der Waals surface area contributed by atoms with E-state index >= 15 is 4.39 Å². The van der Waals surface area contributed by atoms with Crippen molar-refractivity contribution in [2.45, 2.75) is 45.8 Å². The summed E-state index contributed by atoms with van der Waals surface area (Å²) in [5.74, 6) is 0.591. The second-order valence-electron chi connectivity index (χ2n) is 8.37. The molecule has 28 heavy (non-hydrogen) atoms. The van der Waals surface area contributed by atoms with E-state index in [0.717, 1.165) is 11.5 Å². The Hall–Kier alpha value is -2.29. The van der Waals surface area contributed by atoms with Crippen LogP contribution in [0.25, 0.3) is 11.2 Å². The molecule has 0 atom stereocenters. The van der Waals surface area contributed by atoms with E-state index in [1.54, 1.807) is 13.4 Å². The van der Waals surface area contributed by atoms with E-state index < -0.39 is 11.1 Å². The zero-order valence-electron chi connectivity index (χ0n) is 17.0. The van der Waals surface area contributed by atoms with Gasteiger partial charge in [0.15, 0.2) is 17.0 Å². The minimum absolute atomic E-state index is 0.0434. The number of imidazole rings is 1. The first-order chi connectivity index (χ1) is 13.2. The Labute approximate surface area is 164 Å². The molecule has 154 valence electrons. The Morgan fingerprint density at radius 2 is 2.00 bits per heavy atom. The minimum atomic E-state index is -1.40. The van der Waals surface area contributed by atoms with Crippen molar-refractivity contribution in [3.8, 4) is 0 Å². The Morgan fingerprint density at radius 1 is 1.29 bits per heavy atom. The second kappa shape index (κ2) is 7.98. The monoisotopic (exact) mass is 392 g/mol. The smallest absolute Gasteiger partial charge is 0.225 e. The van der Waals surface area contributed by atoms with E-state index in [0.29, 0.717) is 44.6 Å². The highest BCUT2D eigenvalue weighted by Gasteiger charge is 2.36. The van der Waals surface area contributed by atoms with Crippen LogP contribution in [-0.2, 0) is 16.1 Å². The zero-order valence-corrected chi connectivity index (χ0v) is 17.0. The van der Waals surface area contributed by atoms with Crippen LogP contribution in [-0.4, -0.2) is 64.4 Å². The molecule has 8 nitrogen and oxygen atoms in total.